The molecule has 102 valence electrons. The van der Waals surface area contributed by atoms with Gasteiger partial charge in [-0.3, -0.25) is 4.79 Å². The molecule has 1 aromatic carbocycles. The summed E-state index contributed by atoms with van der Waals surface area (Å²) in [5.41, 5.74) is 3.17. The van der Waals surface area contributed by atoms with Crippen molar-refractivity contribution in [1.29, 1.82) is 0 Å². The number of halogens is 2. The van der Waals surface area contributed by atoms with E-state index < -0.39 is 0 Å². The van der Waals surface area contributed by atoms with Crippen molar-refractivity contribution in [1.82, 2.24) is 4.98 Å². The highest BCUT2D eigenvalue weighted by atomic mass is 79.9. The minimum absolute atomic E-state index is 0.163. The molecule has 0 saturated heterocycles. The number of H-pyrrole nitrogens is 1. The minimum Gasteiger partial charge on any atom is -0.466 e. The second kappa shape index (κ2) is 5.97. The second-order valence-corrected chi connectivity index (χ2v) is 5.52. The van der Waals surface area contributed by atoms with Gasteiger partial charge in [-0.25, -0.2) is 0 Å². The number of aromatic nitrogens is 1. The maximum Gasteiger partial charge on any atom is 0.306 e. The summed E-state index contributed by atoms with van der Waals surface area (Å²) in [4.78, 5) is 14.8. The molecule has 0 fully saturated rings. The number of esters is 1. The van der Waals surface area contributed by atoms with Crippen LogP contribution >= 0.6 is 27.5 Å². The Hall–Kier alpha value is -1.00. The number of carbonyl (C=O) groups excluding carboxylic acids is 1. The summed E-state index contributed by atoms with van der Waals surface area (Å²) in [5.74, 6) is -0.163. The van der Waals surface area contributed by atoms with Gasteiger partial charge < -0.3 is 9.72 Å². The molecule has 0 aliphatic carbocycles. The molecule has 0 atom stereocenters. The molecular formula is C14H15BrClNO2. The van der Waals surface area contributed by atoms with Crippen molar-refractivity contribution in [3.05, 3.63) is 32.9 Å². The van der Waals surface area contributed by atoms with Gasteiger partial charge in [-0.2, -0.15) is 0 Å². The number of hydrogen-bond donors (Lipinski definition) is 1. The van der Waals surface area contributed by atoms with Gasteiger partial charge in [-0.1, -0.05) is 17.7 Å². The fraction of sp³-hybridized carbons (Fsp3) is 0.357. The third-order valence-electron chi connectivity index (χ3n) is 3.07. The third kappa shape index (κ3) is 2.95. The molecule has 0 radical (unpaired) electrons. The first-order valence-corrected chi connectivity index (χ1v) is 7.32. The highest BCUT2D eigenvalue weighted by molar-refractivity contribution is 9.10. The molecule has 0 aliphatic rings. The SMILES string of the molecule is CCOC(=O)CCc1c(C)[nH]c2c(Br)c(Cl)ccc12. The standard InChI is InChI=1S/C14H15BrClNO2/c1-3-19-12(18)7-5-9-8(2)17-14-10(9)4-6-11(16)13(14)15/h4,6,17H,3,5,7H2,1-2H3. The zero-order chi connectivity index (χ0) is 14.0. The Balaban J connectivity index is 2.31. The smallest absolute Gasteiger partial charge is 0.306 e. The lowest BCUT2D eigenvalue weighted by atomic mass is 10.1. The average Bonchev–Trinajstić information content (AvgIpc) is 2.69. The van der Waals surface area contributed by atoms with Gasteiger partial charge in [0.25, 0.3) is 0 Å². The largest absolute Gasteiger partial charge is 0.466 e. The van der Waals surface area contributed by atoms with Gasteiger partial charge in [0, 0.05) is 17.5 Å². The first kappa shape index (κ1) is 14.4. The molecule has 19 heavy (non-hydrogen) atoms. The third-order valence-corrected chi connectivity index (χ3v) is 4.44. The summed E-state index contributed by atoms with van der Waals surface area (Å²) in [6.07, 6.45) is 1.06. The Kier molecular flexibility index (Phi) is 4.53. The number of rotatable bonds is 4. The predicted molar refractivity (Wildman–Crippen MR) is 80.7 cm³/mol. The van der Waals surface area contributed by atoms with E-state index in [-0.39, 0.29) is 5.97 Å². The highest BCUT2D eigenvalue weighted by Gasteiger charge is 2.14. The maximum absolute atomic E-state index is 11.4. The van der Waals surface area contributed by atoms with Crippen molar-refractivity contribution in [3.8, 4) is 0 Å². The first-order valence-electron chi connectivity index (χ1n) is 6.15. The molecule has 2 aromatic rings. The lowest BCUT2D eigenvalue weighted by Crippen LogP contribution is -2.05. The minimum atomic E-state index is -0.163. The van der Waals surface area contributed by atoms with E-state index in [4.69, 9.17) is 16.3 Å². The molecule has 0 spiro atoms. The van der Waals surface area contributed by atoms with Crippen molar-refractivity contribution in [2.75, 3.05) is 6.61 Å². The summed E-state index contributed by atoms with van der Waals surface area (Å²) in [6, 6.07) is 3.83. The van der Waals surface area contributed by atoms with Crippen LogP contribution in [0.1, 0.15) is 24.6 Å². The molecule has 2 rings (SSSR count). The number of aromatic amines is 1. The molecule has 0 aliphatic heterocycles. The Labute approximate surface area is 125 Å². The van der Waals surface area contributed by atoms with Crippen molar-refractivity contribution in [2.24, 2.45) is 0 Å². The van der Waals surface area contributed by atoms with Gasteiger partial charge in [0.1, 0.15) is 0 Å². The number of carbonyl (C=O) groups is 1. The van der Waals surface area contributed by atoms with E-state index in [1.807, 2.05) is 26.0 Å². The van der Waals surface area contributed by atoms with Gasteiger partial charge in [0.2, 0.25) is 0 Å². The molecule has 1 aromatic heterocycles. The predicted octanol–water partition coefficient (Wildman–Crippen LogP) is 4.39. The molecule has 3 nitrogen and oxygen atoms in total. The van der Waals surface area contributed by atoms with E-state index in [1.54, 1.807) is 0 Å². The van der Waals surface area contributed by atoms with Gasteiger partial charge in [-0.05, 0) is 47.8 Å². The number of ether oxygens (including phenoxy) is 1. The quantitative estimate of drug-likeness (QED) is 0.836. The van der Waals surface area contributed by atoms with E-state index in [1.165, 1.54) is 0 Å². The van der Waals surface area contributed by atoms with Gasteiger partial charge in [-0.15, -0.1) is 0 Å². The maximum atomic E-state index is 11.4. The van der Waals surface area contributed by atoms with Crippen LogP contribution in [0.5, 0.6) is 0 Å². The fourth-order valence-corrected chi connectivity index (χ4v) is 2.77. The Bertz CT molecular complexity index is 621. The Morgan fingerprint density at radius 1 is 1.47 bits per heavy atom. The van der Waals surface area contributed by atoms with Crippen LogP contribution in [0, 0.1) is 6.92 Å². The topological polar surface area (TPSA) is 42.1 Å². The van der Waals surface area contributed by atoms with E-state index in [9.17, 15) is 4.79 Å². The van der Waals surface area contributed by atoms with Crippen molar-refractivity contribution < 1.29 is 9.53 Å². The van der Waals surface area contributed by atoms with Crippen molar-refractivity contribution >= 4 is 44.4 Å². The monoisotopic (exact) mass is 343 g/mol. The van der Waals surface area contributed by atoms with Crippen LogP contribution < -0.4 is 0 Å². The van der Waals surface area contributed by atoms with E-state index in [0.29, 0.717) is 24.5 Å². The van der Waals surface area contributed by atoms with Gasteiger partial charge >= 0.3 is 5.97 Å². The van der Waals surface area contributed by atoms with Crippen LogP contribution in [0.25, 0.3) is 10.9 Å². The summed E-state index contributed by atoms with van der Waals surface area (Å²) >= 11 is 9.56. The van der Waals surface area contributed by atoms with Crippen LogP contribution in [0.15, 0.2) is 16.6 Å². The molecule has 0 unspecified atom stereocenters. The molecule has 0 saturated carbocycles. The fourth-order valence-electron chi connectivity index (χ4n) is 2.17. The lowest BCUT2D eigenvalue weighted by Gasteiger charge is -2.03. The number of aryl methyl sites for hydroxylation is 2. The zero-order valence-electron chi connectivity index (χ0n) is 10.8. The van der Waals surface area contributed by atoms with Crippen LogP contribution in [0.3, 0.4) is 0 Å². The van der Waals surface area contributed by atoms with Gasteiger partial charge in [0.05, 0.1) is 21.6 Å². The Morgan fingerprint density at radius 2 is 2.21 bits per heavy atom. The molecule has 1 N–H and O–H groups in total. The zero-order valence-corrected chi connectivity index (χ0v) is 13.2. The average molecular weight is 345 g/mol. The van der Waals surface area contributed by atoms with Crippen LogP contribution in [0.4, 0.5) is 0 Å². The molecule has 1 heterocycles. The van der Waals surface area contributed by atoms with Crippen molar-refractivity contribution in [3.63, 3.8) is 0 Å². The number of fused-ring (bicyclic) bond motifs is 1. The molecular weight excluding hydrogens is 330 g/mol. The number of nitrogens with one attached hydrogen (secondary N) is 1. The van der Waals surface area contributed by atoms with Crippen LogP contribution in [-0.2, 0) is 16.0 Å². The van der Waals surface area contributed by atoms with Crippen molar-refractivity contribution in [2.45, 2.75) is 26.7 Å². The number of hydrogen-bond acceptors (Lipinski definition) is 2. The summed E-state index contributed by atoms with van der Waals surface area (Å²) in [5, 5.41) is 1.77. The molecule has 0 amide bonds. The molecule has 5 heteroatoms. The normalized spacial score (nSPS) is 10.9. The first-order chi connectivity index (χ1) is 9.04. The highest BCUT2D eigenvalue weighted by Crippen LogP contribution is 2.34. The summed E-state index contributed by atoms with van der Waals surface area (Å²) in [7, 11) is 0. The second-order valence-electron chi connectivity index (χ2n) is 4.32. The van der Waals surface area contributed by atoms with Crippen LogP contribution in [0.2, 0.25) is 5.02 Å². The van der Waals surface area contributed by atoms with E-state index in [2.05, 4.69) is 20.9 Å². The van der Waals surface area contributed by atoms with E-state index >= 15 is 0 Å². The summed E-state index contributed by atoms with van der Waals surface area (Å²) < 4.78 is 5.81. The van der Waals surface area contributed by atoms with Crippen LogP contribution in [-0.4, -0.2) is 17.6 Å². The Morgan fingerprint density at radius 3 is 2.89 bits per heavy atom. The van der Waals surface area contributed by atoms with E-state index in [0.717, 1.165) is 26.6 Å². The molecule has 0 bridgehead atoms. The summed E-state index contributed by atoms with van der Waals surface area (Å²) in [6.45, 7) is 4.24. The van der Waals surface area contributed by atoms with Gasteiger partial charge in [0.15, 0.2) is 0 Å². The lowest BCUT2D eigenvalue weighted by molar-refractivity contribution is -0.143. The number of benzene rings is 1.